The van der Waals surface area contributed by atoms with Gasteiger partial charge in [-0.1, -0.05) is 17.7 Å². The monoisotopic (exact) mass is 339 g/mol. The predicted molar refractivity (Wildman–Crippen MR) is 88.1 cm³/mol. The normalized spacial score (nSPS) is 9.38. The first kappa shape index (κ1) is 17.2. The lowest BCUT2D eigenvalue weighted by atomic mass is 9.99. The quantitative estimate of drug-likeness (QED) is 0.456. The number of pyridine rings is 1. The van der Waals surface area contributed by atoms with Crippen LogP contribution in [0.25, 0.3) is 17.1 Å². The van der Waals surface area contributed by atoms with Crippen molar-refractivity contribution >= 4 is 35.0 Å². The molecule has 7 heteroatoms. The highest BCUT2D eigenvalue weighted by Gasteiger charge is 2.17. The number of halogens is 1. The summed E-state index contributed by atoms with van der Waals surface area (Å²) in [5.41, 5.74) is 0.638. The van der Waals surface area contributed by atoms with Crippen molar-refractivity contribution < 1.29 is 14.4 Å². The van der Waals surface area contributed by atoms with Gasteiger partial charge in [0.05, 0.1) is 11.1 Å². The highest BCUT2D eigenvalue weighted by molar-refractivity contribution is 6.32. The SMILES string of the molecule is O=C=CCCC(=C=O)C(=C=O)c1cnc(-c2ccccn2)nc1Cl. The third kappa shape index (κ3) is 3.99. The first-order valence-corrected chi connectivity index (χ1v) is 7.22. The first-order chi connectivity index (χ1) is 11.7. The molecule has 2 rings (SSSR count). The van der Waals surface area contributed by atoms with Gasteiger partial charge in [0.2, 0.25) is 0 Å². The Labute approximate surface area is 142 Å². The standard InChI is InChI=1S/C17H10ClN3O3/c18-16-13(14(11-24)12(10-23)5-2-4-8-22)9-20-17(21-16)15-6-1-3-7-19-15/h1,3-4,6-7,9H,2,5H2. The second kappa shape index (κ2) is 8.49. The molecule has 0 amide bonds. The molecule has 0 spiro atoms. The van der Waals surface area contributed by atoms with Crippen molar-refractivity contribution in [2.45, 2.75) is 12.8 Å². The molecular weight excluding hydrogens is 330 g/mol. The van der Waals surface area contributed by atoms with Crippen molar-refractivity contribution in [3.63, 3.8) is 0 Å². The molecule has 0 aliphatic carbocycles. The lowest BCUT2D eigenvalue weighted by molar-refractivity contribution is 0.564. The molecule has 0 unspecified atom stereocenters. The van der Waals surface area contributed by atoms with E-state index >= 15 is 0 Å². The molecule has 0 aromatic carbocycles. The molecule has 0 fully saturated rings. The van der Waals surface area contributed by atoms with Crippen LogP contribution in [0.15, 0.2) is 42.2 Å². The minimum atomic E-state index is -0.0816. The number of rotatable bonds is 6. The van der Waals surface area contributed by atoms with E-state index in [4.69, 9.17) is 11.6 Å². The minimum absolute atomic E-state index is 0.0114. The molecule has 0 atom stereocenters. The Morgan fingerprint density at radius 1 is 1.17 bits per heavy atom. The summed E-state index contributed by atoms with van der Waals surface area (Å²) in [6, 6.07) is 5.24. The molecule has 0 saturated carbocycles. The summed E-state index contributed by atoms with van der Waals surface area (Å²) >= 11 is 6.12. The van der Waals surface area contributed by atoms with E-state index in [1.54, 1.807) is 42.2 Å². The predicted octanol–water partition coefficient (Wildman–Crippen LogP) is 2.33. The van der Waals surface area contributed by atoms with Gasteiger partial charge in [0, 0.05) is 24.0 Å². The van der Waals surface area contributed by atoms with Crippen LogP contribution in [0.1, 0.15) is 18.4 Å². The fourth-order valence-corrected chi connectivity index (χ4v) is 2.15. The molecule has 2 aromatic rings. The van der Waals surface area contributed by atoms with E-state index < -0.39 is 0 Å². The summed E-state index contributed by atoms with van der Waals surface area (Å²) in [6.45, 7) is 0. The van der Waals surface area contributed by atoms with Crippen LogP contribution in [0.5, 0.6) is 0 Å². The zero-order chi connectivity index (χ0) is 17.4. The molecule has 118 valence electrons. The Morgan fingerprint density at radius 3 is 2.58 bits per heavy atom. The number of hydrogen-bond donors (Lipinski definition) is 0. The summed E-state index contributed by atoms with van der Waals surface area (Å²) in [6.07, 6.45) is 4.49. The topological polar surface area (TPSA) is 89.9 Å². The van der Waals surface area contributed by atoms with Gasteiger partial charge in [-0.15, -0.1) is 0 Å². The lowest BCUT2D eigenvalue weighted by Gasteiger charge is -2.07. The Hall–Kier alpha value is -3.13. The molecule has 0 N–H and O–H groups in total. The molecule has 24 heavy (non-hydrogen) atoms. The van der Waals surface area contributed by atoms with Crippen molar-refractivity contribution in [1.82, 2.24) is 15.0 Å². The maximum Gasteiger partial charge on any atom is 0.179 e. The van der Waals surface area contributed by atoms with Crippen LogP contribution in [0.2, 0.25) is 5.15 Å². The van der Waals surface area contributed by atoms with Gasteiger partial charge in [0.15, 0.2) is 5.82 Å². The maximum absolute atomic E-state index is 11.3. The molecule has 2 heterocycles. The van der Waals surface area contributed by atoms with E-state index in [1.165, 1.54) is 12.3 Å². The molecule has 0 radical (unpaired) electrons. The third-order valence-electron chi connectivity index (χ3n) is 3.05. The second-order valence-electron chi connectivity index (χ2n) is 4.53. The van der Waals surface area contributed by atoms with E-state index in [-0.39, 0.29) is 40.5 Å². The van der Waals surface area contributed by atoms with Crippen molar-refractivity contribution in [3.05, 3.63) is 53.0 Å². The zero-order valence-corrected chi connectivity index (χ0v) is 13.1. The summed E-state index contributed by atoms with van der Waals surface area (Å²) in [7, 11) is 0. The molecule has 2 aromatic heterocycles. The second-order valence-corrected chi connectivity index (χ2v) is 4.89. The van der Waals surface area contributed by atoms with Crippen LogP contribution in [0.4, 0.5) is 0 Å². The zero-order valence-electron chi connectivity index (χ0n) is 12.3. The van der Waals surface area contributed by atoms with E-state index in [2.05, 4.69) is 15.0 Å². The number of aromatic nitrogens is 3. The summed E-state index contributed by atoms with van der Waals surface area (Å²) in [4.78, 5) is 44.9. The van der Waals surface area contributed by atoms with Gasteiger partial charge in [-0.3, -0.25) is 4.98 Å². The van der Waals surface area contributed by atoms with Gasteiger partial charge < -0.3 is 0 Å². The van der Waals surface area contributed by atoms with Crippen LogP contribution in [-0.2, 0) is 14.4 Å². The van der Waals surface area contributed by atoms with Crippen LogP contribution in [0, 0.1) is 0 Å². The Bertz CT molecular complexity index is 893. The van der Waals surface area contributed by atoms with E-state index in [0.29, 0.717) is 5.69 Å². The van der Waals surface area contributed by atoms with Crippen molar-refractivity contribution in [2.75, 3.05) is 0 Å². The van der Waals surface area contributed by atoms with Crippen LogP contribution >= 0.6 is 11.6 Å². The number of hydrogen-bond acceptors (Lipinski definition) is 6. The number of allylic oxidation sites excluding steroid dienone is 3. The molecule has 0 bridgehead atoms. The number of carbonyl (C=O) groups excluding carboxylic acids is 3. The highest BCUT2D eigenvalue weighted by atomic mass is 35.5. The van der Waals surface area contributed by atoms with Gasteiger partial charge in [0.1, 0.15) is 28.7 Å². The van der Waals surface area contributed by atoms with Crippen LogP contribution < -0.4 is 0 Å². The van der Waals surface area contributed by atoms with Gasteiger partial charge in [-0.2, -0.15) is 0 Å². The number of nitrogens with zero attached hydrogens (tertiary/aromatic N) is 3. The van der Waals surface area contributed by atoms with Crippen LogP contribution in [0.3, 0.4) is 0 Å². The molecule has 6 nitrogen and oxygen atoms in total. The van der Waals surface area contributed by atoms with Crippen molar-refractivity contribution in [3.8, 4) is 11.5 Å². The van der Waals surface area contributed by atoms with E-state index in [9.17, 15) is 14.4 Å². The van der Waals surface area contributed by atoms with E-state index in [0.717, 1.165) is 0 Å². The molecule has 0 saturated heterocycles. The average molecular weight is 340 g/mol. The maximum atomic E-state index is 11.3. The lowest BCUT2D eigenvalue weighted by Crippen LogP contribution is -1.99. The van der Waals surface area contributed by atoms with Crippen molar-refractivity contribution in [1.29, 1.82) is 0 Å². The fraction of sp³-hybridized carbons (Fsp3) is 0.118. The Morgan fingerprint density at radius 2 is 2.00 bits per heavy atom. The molecule has 0 aliphatic heterocycles. The Kier molecular flexibility index (Phi) is 6.09. The largest absolute Gasteiger partial charge is 0.253 e. The fourth-order valence-electron chi connectivity index (χ4n) is 1.93. The smallest absolute Gasteiger partial charge is 0.179 e. The van der Waals surface area contributed by atoms with Gasteiger partial charge in [-0.05, 0) is 25.0 Å². The Balaban J connectivity index is 2.38. The summed E-state index contributed by atoms with van der Waals surface area (Å²) in [5.74, 6) is 5.23. The summed E-state index contributed by atoms with van der Waals surface area (Å²) < 4.78 is 0. The minimum Gasteiger partial charge on any atom is -0.253 e. The van der Waals surface area contributed by atoms with Crippen molar-refractivity contribution in [2.24, 2.45) is 0 Å². The average Bonchev–Trinajstić information content (AvgIpc) is 2.62. The summed E-state index contributed by atoms with van der Waals surface area (Å²) in [5, 5.41) is -0.0114. The molecule has 0 aliphatic rings. The van der Waals surface area contributed by atoms with Gasteiger partial charge in [-0.25, -0.2) is 24.4 Å². The van der Waals surface area contributed by atoms with Gasteiger partial charge in [0.25, 0.3) is 0 Å². The van der Waals surface area contributed by atoms with E-state index in [1.807, 2.05) is 0 Å². The molecular formula is C17H10ClN3O3. The van der Waals surface area contributed by atoms with Crippen LogP contribution in [-0.4, -0.2) is 32.8 Å². The van der Waals surface area contributed by atoms with Gasteiger partial charge >= 0.3 is 0 Å². The first-order valence-electron chi connectivity index (χ1n) is 6.84. The highest BCUT2D eigenvalue weighted by Crippen LogP contribution is 2.28. The third-order valence-corrected chi connectivity index (χ3v) is 3.34.